The molecule has 2 N–H and O–H groups in total. The van der Waals surface area contributed by atoms with Crippen LogP contribution in [0, 0.1) is 17.3 Å². The van der Waals surface area contributed by atoms with E-state index in [2.05, 4.69) is 4.90 Å². The predicted octanol–water partition coefficient (Wildman–Crippen LogP) is 1.62. The highest BCUT2D eigenvalue weighted by Gasteiger charge is 2.40. The summed E-state index contributed by atoms with van der Waals surface area (Å²) in [7, 11) is 0. The van der Waals surface area contributed by atoms with Crippen LogP contribution >= 0.6 is 0 Å². The number of amides is 1. The van der Waals surface area contributed by atoms with Gasteiger partial charge in [-0.25, -0.2) is 0 Å². The molecule has 1 heterocycles. The van der Waals surface area contributed by atoms with Crippen LogP contribution in [0.1, 0.15) is 39.5 Å². The molecule has 0 aromatic carbocycles. The number of fused-ring (bicyclic) bond motifs is 1. The third-order valence-electron chi connectivity index (χ3n) is 4.35. The van der Waals surface area contributed by atoms with Crippen molar-refractivity contribution in [3.63, 3.8) is 0 Å². The Hall–Kier alpha value is -0.570. The van der Waals surface area contributed by atoms with Gasteiger partial charge in [0.15, 0.2) is 0 Å². The van der Waals surface area contributed by atoms with E-state index in [1.807, 2.05) is 13.8 Å². The molecule has 92 valence electrons. The molecule has 16 heavy (non-hydrogen) atoms. The van der Waals surface area contributed by atoms with Gasteiger partial charge in [0, 0.05) is 19.6 Å². The second-order valence-electron chi connectivity index (χ2n) is 6.10. The average Bonchev–Trinajstić information content (AvgIpc) is 2.71. The highest BCUT2D eigenvalue weighted by Crippen LogP contribution is 2.37. The van der Waals surface area contributed by atoms with Crippen LogP contribution in [0.2, 0.25) is 0 Å². The lowest BCUT2D eigenvalue weighted by molar-refractivity contribution is -0.139. The van der Waals surface area contributed by atoms with Crippen molar-refractivity contribution in [2.75, 3.05) is 19.6 Å². The molecule has 1 saturated heterocycles. The third-order valence-corrected chi connectivity index (χ3v) is 4.35. The fourth-order valence-electron chi connectivity index (χ4n) is 3.09. The van der Waals surface area contributed by atoms with Gasteiger partial charge < -0.3 is 10.6 Å². The number of carbonyl (C=O) groups is 1. The summed E-state index contributed by atoms with van der Waals surface area (Å²) < 4.78 is 0. The zero-order chi connectivity index (χ0) is 11.8. The van der Waals surface area contributed by atoms with E-state index in [9.17, 15) is 4.79 Å². The van der Waals surface area contributed by atoms with Crippen LogP contribution in [0.3, 0.4) is 0 Å². The van der Waals surface area contributed by atoms with Gasteiger partial charge in [0.2, 0.25) is 5.91 Å². The summed E-state index contributed by atoms with van der Waals surface area (Å²) in [5, 5.41) is 0. The first-order chi connectivity index (χ1) is 7.54. The van der Waals surface area contributed by atoms with Gasteiger partial charge in [-0.2, -0.15) is 0 Å². The first kappa shape index (κ1) is 11.9. The number of rotatable bonds is 2. The van der Waals surface area contributed by atoms with E-state index in [4.69, 9.17) is 5.73 Å². The van der Waals surface area contributed by atoms with Crippen molar-refractivity contribution < 1.29 is 4.79 Å². The largest absolute Gasteiger partial charge is 0.342 e. The number of nitrogens with zero attached hydrogens (tertiary/aromatic N) is 1. The van der Waals surface area contributed by atoms with Gasteiger partial charge in [0.25, 0.3) is 0 Å². The highest BCUT2D eigenvalue weighted by atomic mass is 16.2. The molecule has 3 nitrogen and oxygen atoms in total. The molecule has 0 aromatic rings. The molecule has 0 bridgehead atoms. The lowest BCUT2D eigenvalue weighted by Crippen LogP contribution is -2.43. The molecule has 2 fully saturated rings. The number of hydrogen-bond acceptors (Lipinski definition) is 2. The van der Waals surface area contributed by atoms with E-state index in [1.165, 1.54) is 25.7 Å². The minimum atomic E-state index is -0.381. The minimum absolute atomic E-state index is 0.254. The summed E-state index contributed by atoms with van der Waals surface area (Å²) in [4.78, 5) is 14.4. The van der Waals surface area contributed by atoms with Gasteiger partial charge in [-0.15, -0.1) is 0 Å². The molecular weight excluding hydrogens is 200 g/mol. The van der Waals surface area contributed by atoms with Crippen molar-refractivity contribution >= 4 is 5.91 Å². The topological polar surface area (TPSA) is 46.3 Å². The van der Waals surface area contributed by atoms with E-state index in [0.717, 1.165) is 24.9 Å². The fourth-order valence-corrected chi connectivity index (χ4v) is 3.09. The molecule has 1 aliphatic heterocycles. The molecule has 2 atom stereocenters. The van der Waals surface area contributed by atoms with E-state index in [0.29, 0.717) is 6.54 Å². The molecule has 3 heteroatoms. The summed E-state index contributed by atoms with van der Waals surface area (Å²) in [5.74, 6) is 1.79. The molecular formula is C13H24N2O. The highest BCUT2D eigenvalue weighted by molar-refractivity contribution is 5.82. The Balaban J connectivity index is 2.00. The summed E-state index contributed by atoms with van der Waals surface area (Å²) in [6, 6.07) is 0. The maximum Gasteiger partial charge on any atom is 0.229 e. The number of carbonyl (C=O) groups excluding carboxylic acids is 1. The Labute approximate surface area is 98.4 Å². The standard InChI is InChI=1S/C13H24N2O/c1-13(2,9-14)12(16)15-7-10-5-3-4-6-11(10)8-15/h10-11H,3-9,14H2,1-2H3. The zero-order valence-electron chi connectivity index (χ0n) is 10.5. The Kier molecular flexibility index (Phi) is 3.24. The van der Waals surface area contributed by atoms with Crippen molar-refractivity contribution in [1.29, 1.82) is 0 Å². The maximum atomic E-state index is 12.3. The van der Waals surface area contributed by atoms with Crippen LogP contribution in [0.15, 0.2) is 0 Å². The van der Waals surface area contributed by atoms with Gasteiger partial charge in [-0.3, -0.25) is 4.79 Å². The molecule has 0 aromatic heterocycles. The van der Waals surface area contributed by atoms with E-state index in [-0.39, 0.29) is 11.3 Å². The Morgan fingerprint density at radius 1 is 1.25 bits per heavy atom. The quantitative estimate of drug-likeness (QED) is 0.774. The van der Waals surface area contributed by atoms with Crippen LogP contribution in [-0.2, 0) is 4.79 Å². The second kappa shape index (κ2) is 4.36. The SMILES string of the molecule is CC(C)(CN)C(=O)N1CC2CCCCC2C1. The van der Waals surface area contributed by atoms with Crippen molar-refractivity contribution in [3.8, 4) is 0 Å². The lowest BCUT2D eigenvalue weighted by atomic mass is 9.82. The van der Waals surface area contributed by atoms with Crippen LogP contribution in [-0.4, -0.2) is 30.4 Å². The van der Waals surface area contributed by atoms with Gasteiger partial charge in [-0.1, -0.05) is 12.8 Å². The van der Waals surface area contributed by atoms with Crippen LogP contribution in [0.25, 0.3) is 0 Å². The van der Waals surface area contributed by atoms with Gasteiger partial charge in [0.05, 0.1) is 5.41 Å². The Morgan fingerprint density at radius 3 is 2.19 bits per heavy atom. The summed E-state index contributed by atoms with van der Waals surface area (Å²) in [6.45, 7) is 6.31. The predicted molar refractivity (Wildman–Crippen MR) is 64.9 cm³/mol. The fraction of sp³-hybridized carbons (Fsp3) is 0.923. The minimum Gasteiger partial charge on any atom is -0.342 e. The van der Waals surface area contributed by atoms with Gasteiger partial charge in [-0.05, 0) is 38.5 Å². The van der Waals surface area contributed by atoms with Crippen molar-refractivity contribution in [3.05, 3.63) is 0 Å². The lowest BCUT2D eigenvalue weighted by Gasteiger charge is -2.28. The maximum absolute atomic E-state index is 12.3. The van der Waals surface area contributed by atoms with E-state index in [1.54, 1.807) is 0 Å². The van der Waals surface area contributed by atoms with E-state index < -0.39 is 0 Å². The molecule has 2 unspecified atom stereocenters. The Bertz CT molecular complexity index is 261. The normalized spacial score (nSPS) is 30.3. The van der Waals surface area contributed by atoms with Crippen LogP contribution in [0.5, 0.6) is 0 Å². The molecule has 1 aliphatic carbocycles. The van der Waals surface area contributed by atoms with Crippen LogP contribution in [0.4, 0.5) is 0 Å². The third kappa shape index (κ3) is 2.10. The molecule has 1 saturated carbocycles. The molecule has 0 spiro atoms. The molecule has 2 aliphatic rings. The Morgan fingerprint density at radius 2 is 1.75 bits per heavy atom. The van der Waals surface area contributed by atoms with Gasteiger partial charge in [0.1, 0.15) is 0 Å². The first-order valence-corrected chi connectivity index (χ1v) is 6.54. The van der Waals surface area contributed by atoms with E-state index >= 15 is 0 Å². The van der Waals surface area contributed by atoms with Crippen molar-refractivity contribution in [2.45, 2.75) is 39.5 Å². The van der Waals surface area contributed by atoms with Crippen molar-refractivity contribution in [1.82, 2.24) is 4.90 Å². The molecule has 2 rings (SSSR count). The van der Waals surface area contributed by atoms with Crippen molar-refractivity contribution in [2.24, 2.45) is 23.0 Å². The second-order valence-corrected chi connectivity index (χ2v) is 6.10. The monoisotopic (exact) mass is 224 g/mol. The summed E-state index contributed by atoms with van der Waals surface area (Å²) in [5.41, 5.74) is 5.29. The average molecular weight is 224 g/mol. The number of nitrogens with two attached hydrogens (primary N) is 1. The first-order valence-electron chi connectivity index (χ1n) is 6.54. The number of hydrogen-bond donors (Lipinski definition) is 1. The zero-order valence-corrected chi connectivity index (χ0v) is 10.5. The number of likely N-dealkylation sites (tertiary alicyclic amines) is 1. The smallest absolute Gasteiger partial charge is 0.229 e. The molecule has 1 amide bonds. The molecule has 0 radical (unpaired) electrons. The summed E-state index contributed by atoms with van der Waals surface area (Å²) in [6.07, 6.45) is 5.34. The van der Waals surface area contributed by atoms with Crippen LogP contribution < -0.4 is 5.73 Å². The van der Waals surface area contributed by atoms with Gasteiger partial charge >= 0.3 is 0 Å². The summed E-state index contributed by atoms with van der Waals surface area (Å²) >= 11 is 0.